The van der Waals surface area contributed by atoms with E-state index >= 15 is 0 Å². The summed E-state index contributed by atoms with van der Waals surface area (Å²) in [7, 11) is 1.83. The van der Waals surface area contributed by atoms with E-state index in [0.717, 1.165) is 69.1 Å². The van der Waals surface area contributed by atoms with Gasteiger partial charge in [0.2, 0.25) is 0 Å². The number of aliphatic hydroxyl groups is 2. The number of aromatic hydroxyl groups is 2. The van der Waals surface area contributed by atoms with Crippen molar-refractivity contribution in [3.63, 3.8) is 0 Å². The lowest BCUT2D eigenvalue weighted by atomic mass is 9.33. The zero-order valence-electron chi connectivity index (χ0n) is 36.9. The van der Waals surface area contributed by atoms with E-state index in [1.165, 1.54) is 43.4 Å². The number of methoxy groups -OCH3 is 1. The maximum atomic E-state index is 12.5. The van der Waals surface area contributed by atoms with Gasteiger partial charge in [-0.2, -0.15) is 0 Å². The smallest absolute Gasteiger partial charge is 0.252 e. The lowest BCUT2D eigenvalue weighted by Crippen LogP contribution is -2.83. The molecule has 11 heteroatoms. The molecule has 8 fully saturated rings. The highest BCUT2D eigenvalue weighted by atomic mass is 16.6. The number of hydrogen-bond donors (Lipinski definition) is 5. The minimum Gasteiger partial charge on any atom is -0.507 e. The van der Waals surface area contributed by atoms with E-state index < -0.39 is 28.1 Å². The molecule has 11 aliphatic rings. The third-order valence-corrected chi connectivity index (χ3v) is 19.4. The van der Waals surface area contributed by atoms with Crippen LogP contribution in [-0.4, -0.2) is 110 Å². The van der Waals surface area contributed by atoms with Crippen molar-refractivity contribution < 1.29 is 39.5 Å². The van der Waals surface area contributed by atoms with Gasteiger partial charge in [0.1, 0.15) is 23.2 Å². The van der Waals surface area contributed by atoms with Crippen LogP contribution < -0.4 is 10.5 Å². The molecule has 6 N–H and O–H groups in total. The fourth-order valence-corrected chi connectivity index (χ4v) is 15.6. The first-order valence-electron chi connectivity index (χ1n) is 23.5. The predicted octanol–water partition coefficient (Wildman–Crippen LogP) is 5.67. The summed E-state index contributed by atoms with van der Waals surface area (Å²) in [4.78, 5) is 29.5. The number of rotatable bonds is 7. The van der Waals surface area contributed by atoms with Crippen LogP contribution in [0.3, 0.4) is 0 Å². The number of nitrogens with two attached hydrogens (primary N) is 1. The van der Waals surface area contributed by atoms with Crippen LogP contribution in [0.25, 0.3) is 0 Å². The van der Waals surface area contributed by atoms with Crippen molar-refractivity contribution >= 4 is 11.7 Å². The van der Waals surface area contributed by atoms with E-state index in [1.54, 1.807) is 6.07 Å². The van der Waals surface area contributed by atoms with Crippen LogP contribution in [0.4, 0.5) is 0 Å². The summed E-state index contributed by atoms with van der Waals surface area (Å²) in [6.45, 7) is 12.6. The van der Waals surface area contributed by atoms with E-state index in [2.05, 4.69) is 36.6 Å². The largest absolute Gasteiger partial charge is 0.507 e. The Bertz CT molecular complexity index is 2210. The molecule has 2 saturated heterocycles. The minimum absolute atomic E-state index is 0.0294. The molecule has 6 saturated carbocycles. The second-order valence-electron chi connectivity index (χ2n) is 22.8. The van der Waals surface area contributed by atoms with Crippen molar-refractivity contribution in [2.24, 2.45) is 34.3 Å². The topological polar surface area (TPSA) is 166 Å². The first-order chi connectivity index (χ1) is 28.9. The van der Waals surface area contributed by atoms with Gasteiger partial charge >= 0.3 is 0 Å². The average Bonchev–Trinajstić information content (AvgIpc) is 4.16. The quantitative estimate of drug-likeness (QED) is 0.235. The van der Waals surface area contributed by atoms with Gasteiger partial charge in [-0.1, -0.05) is 32.9 Å². The molecule has 6 bridgehead atoms. The number of amides is 1. The molecule has 0 radical (unpaired) electrons. The molecule has 61 heavy (non-hydrogen) atoms. The molecule has 0 aromatic heterocycles. The number of benzene rings is 2. The average molecular weight is 838 g/mol. The van der Waals surface area contributed by atoms with Crippen molar-refractivity contribution in [2.75, 3.05) is 33.3 Å². The highest BCUT2D eigenvalue weighted by Gasteiger charge is 2.82. The summed E-state index contributed by atoms with van der Waals surface area (Å²) in [5, 5.41) is 46.1. The van der Waals surface area contributed by atoms with Gasteiger partial charge in [-0.05, 0) is 138 Å². The van der Waals surface area contributed by atoms with Crippen LogP contribution in [0.5, 0.6) is 17.2 Å². The number of carbonyl (C=O) groups excluding carboxylic acids is 2. The van der Waals surface area contributed by atoms with Crippen LogP contribution in [-0.2, 0) is 33.2 Å². The van der Waals surface area contributed by atoms with Gasteiger partial charge in [0.15, 0.2) is 11.5 Å². The Morgan fingerprint density at radius 3 is 2.18 bits per heavy atom. The van der Waals surface area contributed by atoms with Gasteiger partial charge in [0, 0.05) is 78.4 Å². The summed E-state index contributed by atoms with van der Waals surface area (Å²) in [6.07, 6.45) is 12.4. The van der Waals surface area contributed by atoms with Crippen molar-refractivity contribution in [1.82, 2.24) is 9.80 Å². The number of piperidine rings is 2. The van der Waals surface area contributed by atoms with Gasteiger partial charge < -0.3 is 35.6 Å². The maximum Gasteiger partial charge on any atom is 0.252 e. The SMILES string of the molecule is CO[C@]12CC[C@@]3(C[C@@H]1[C@](C)(O)C(C)(C)C)[C@H]1Cc4ccc(O)c5c4[C@@]3(CCN1CC1CC1)[C@H]2O5.NC(=O)c1ccc2c(c1O)[C@]13CCN(CC4CC4)[C@H](C2)[C@]1(O)CCC(=O)C3. The Hall–Kier alpha value is -3.22. The molecule has 3 aliphatic heterocycles. The molecule has 11 nitrogen and oxygen atoms in total. The zero-order chi connectivity index (χ0) is 42.9. The number of primary amides is 1. The van der Waals surface area contributed by atoms with E-state index in [-0.39, 0.29) is 63.6 Å². The molecule has 0 unspecified atom stereocenters. The Balaban J connectivity index is 0.000000142. The molecule has 330 valence electrons. The van der Waals surface area contributed by atoms with E-state index in [1.807, 2.05) is 26.2 Å². The van der Waals surface area contributed by atoms with E-state index in [0.29, 0.717) is 43.0 Å². The lowest BCUT2D eigenvalue weighted by molar-refractivity contribution is -0.312. The summed E-state index contributed by atoms with van der Waals surface area (Å²) in [5.41, 5.74) is 5.95. The van der Waals surface area contributed by atoms with Gasteiger partial charge in [0.25, 0.3) is 5.91 Å². The van der Waals surface area contributed by atoms with Gasteiger partial charge in [0.05, 0.1) is 16.8 Å². The number of phenolic OH excluding ortho intramolecular Hbond substituents is 1. The van der Waals surface area contributed by atoms with Crippen molar-refractivity contribution in [3.8, 4) is 17.2 Å². The first-order valence-corrected chi connectivity index (χ1v) is 23.5. The molecule has 10 atom stereocenters. The van der Waals surface area contributed by atoms with Crippen LogP contribution in [0.2, 0.25) is 0 Å². The molecular weight excluding hydrogens is 771 g/mol. The van der Waals surface area contributed by atoms with Crippen LogP contribution in [0.1, 0.15) is 137 Å². The van der Waals surface area contributed by atoms with Gasteiger partial charge in [-0.15, -0.1) is 0 Å². The molecule has 2 aromatic carbocycles. The standard InChI is InChI=1S/C29H41NO4.C21H26N2O4/c1-25(2,3)26(4,32)20-15-27-10-11-29(20,33-5)24-28(27)12-13-30(16-17-6-7-17)21(27)14-18-8-9-19(31)23(34-24)22(18)28;22-19(26)15-4-3-13-9-16-21(27)6-5-14(24)10-20(21,17(13)18(15)25)7-8-23(16)11-12-1-2-12/h8-9,17,20-21,24,31-32H,6-7,10-16H2,1-5H3;3-4,12,16,25,27H,1-2,5-11H2,(H2,22,26)/t20-,21-,24-,26+,27-,28+,29-;16-,20-,21-/m11/s1. The highest BCUT2D eigenvalue weighted by molar-refractivity contribution is 5.96. The van der Waals surface area contributed by atoms with Crippen LogP contribution in [0, 0.1) is 28.6 Å². The molecular formula is C50H67N3O8. The number of likely N-dealkylation sites (tertiary alicyclic amines) is 2. The lowest BCUT2D eigenvalue weighted by Gasteiger charge is -2.75. The monoisotopic (exact) mass is 837 g/mol. The third kappa shape index (κ3) is 5.16. The summed E-state index contributed by atoms with van der Waals surface area (Å²) < 4.78 is 13.5. The van der Waals surface area contributed by atoms with Gasteiger partial charge in [-0.25, -0.2) is 0 Å². The second-order valence-corrected chi connectivity index (χ2v) is 22.8. The number of hydrogen-bond acceptors (Lipinski definition) is 10. The number of carbonyl (C=O) groups is 2. The predicted molar refractivity (Wildman–Crippen MR) is 229 cm³/mol. The summed E-state index contributed by atoms with van der Waals surface area (Å²) in [6, 6.07) is 7.83. The van der Waals surface area contributed by atoms with E-state index in [4.69, 9.17) is 15.2 Å². The Kier molecular flexibility index (Phi) is 8.61. The summed E-state index contributed by atoms with van der Waals surface area (Å²) in [5.74, 6) is 1.81. The number of phenols is 2. The van der Waals surface area contributed by atoms with Crippen molar-refractivity contribution in [2.45, 2.75) is 163 Å². The fourth-order valence-electron chi connectivity index (χ4n) is 15.6. The summed E-state index contributed by atoms with van der Waals surface area (Å²) >= 11 is 0. The number of nitrogens with zero attached hydrogens (tertiary/aromatic N) is 2. The number of Topliss-reactive ketones (excluding diaryl/α,β-unsaturated/α-hetero) is 1. The Labute approximate surface area is 360 Å². The molecule has 2 spiro atoms. The number of ketones is 1. The highest BCUT2D eigenvalue weighted by Crippen LogP contribution is 2.78. The Morgan fingerprint density at radius 1 is 0.885 bits per heavy atom. The third-order valence-electron chi connectivity index (χ3n) is 19.4. The van der Waals surface area contributed by atoms with Crippen molar-refractivity contribution in [3.05, 3.63) is 52.1 Å². The number of ether oxygens (including phenoxy) is 2. The molecule has 8 aliphatic carbocycles. The molecule has 2 aromatic rings. The fraction of sp³-hybridized carbons (Fsp3) is 0.720. The van der Waals surface area contributed by atoms with E-state index in [9.17, 15) is 30.0 Å². The molecule has 1 amide bonds. The minimum atomic E-state index is -1.06. The molecule has 13 rings (SSSR count). The normalized spacial score (nSPS) is 40.1. The molecule has 3 heterocycles. The Morgan fingerprint density at radius 2 is 1.52 bits per heavy atom. The van der Waals surface area contributed by atoms with Crippen molar-refractivity contribution in [1.29, 1.82) is 0 Å². The van der Waals surface area contributed by atoms with Crippen LogP contribution in [0.15, 0.2) is 24.3 Å². The van der Waals surface area contributed by atoms with Gasteiger partial charge in [-0.3, -0.25) is 19.4 Å². The van der Waals surface area contributed by atoms with Crippen LogP contribution >= 0.6 is 0 Å². The maximum absolute atomic E-state index is 12.5. The first kappa shape index (κ1) is 40.5. The zero-order valence-corrected chi connectivity index (χ0v) is 36.9. The number of fused-ring (bicyclic) bond motifs is 3. The second kappa shape index (κ2) is 13.0.